The standard InChI is InChI=1S/C16H32O3/c1-10(2)15(12(4)18)9-16(19)14-7-5-6-13(8-14)11(3)17/h10-19H,5-9H2,1-4H3/t11?,12?,13?,14?,15-,16?/m1/s1. The highest BCUT2D eigenvalue weighted by Crippen LogP contribution is 2.35. The molecule has 0 spiro atoms. The van der Waals surface area contributed by atoms with Gasteiger partial charge >= 0.3 is 0 Å². The molecule has 3 heteroatoms. The molecule has 0 aromatic rings. The number of hydrogen-bond acceptors (Lipinski definition) is 3. The summed E-state index contributed by atoms with van der Waals surface area (Å²) in [6.07, 6.45) is 3.83. The minimum Gasteiger partial charge on any atom is -0.393 e. The van der Waals surface area contributed by atoms with Crippen LogP contribution < -0.4 is 0 Å². The Morgan fingerprint density at radius 3 is 2.00 bits per heavy atom. The van der Waals surface area contributed by atoms with Crippen molar-refractivity contribution in [1.29, 1.82) is 0 Å². The summed E-state index contributed by atoms with van der Waals surface area (Å²) < 4.78 is 0. The topological polar surface area (TPSA) is 60.7 Å². The van der Waals surface area contributed by atoms with Gasteiger partial charge in [-0.25, -0.2) is 0 Å². The molecule has 114 valence electrons. The summed E-state index contributed by atoms with van der Waals surface area (Å²) in [7, 11) is 0. The Morgan fingerprint density at radius 2 is 1.53 bits per heavy atom. The molecule has 0 aromatic heterocycles. The normalized spacial score (nSPS) is 30.9. The molecule has 0 amide bonds. The van der Waals surface area contributed by atoms with E-state index in [9.17, 15) is 15.3 Å². The fourth-order valence-electron chi connectivity index (χ4n) is 3.55. The van der Waals surface area contributed by atoms with Gasteiger partial charge in [0.15, 0.2) is 0 Å². The maximum absolute atomic E-state index is 10.4. The van der Waals surface area contributed by atoms with E-state index < -0.39 is 0 Å². The van der Waals surface area contributed by atoms with Gasteiger partial charge in [-0.3, -0.25) is 0 Å². The Morgan fingerprint density at radius 1 is 0.947 bits per heavy atom. The van der Waals surface area contributed by atoms with Crippen LogP contribution in [-0.2, 0) is 0 Å². The van der Waals surface area contributed by atoms with E-state index in [4.69, 9.17) is 0 Å². The summed E-state index contributed by atoms with van der Waals surface area (Å²) >= 11 is 0. The highest BCUT2D eigenvalue weighted by molar-refractivity contribution is 4.83. The Hall–Kier alpha value is -0.120. The average Bonchev–Trinajstić information content (AvgIpc) is 2.34. The van der Waals surface area contributed by atoms with Gasteiger partial charge in [-0.1, -0.05) is 20.3 Å². The van der Waals surface area contributed by atoms with Crippen molar-refractivity contribution in [3.63, 3.8) is 0 Å². The Labute approximate surface area is 118 Å². The van der Waals surface area contributed by atoms with Crippen LogP contribution in [0.1, 0.15) is 59.8 Å². The van der Waals surface area contributed by atoms with E-state index in [1.54, 1.807) is 0 Å². The number of aliphatic hydroxyl groups excluding tert-OH is 3. The maximum Gasteiger partial charge on any atom is 0.0572 e. The fourth-order valence-corrected chi connectivity index (χ4v) is 3.55. The summed E-state index contributed by atoms with van der Waals surface area (Å²) in [6, 6.07) is 0. The van der Waals surface area contributed by atoms with Gasteiger partial charge in [0.25, 0.3) is 0 Å². The van der Waals surface area contributed by atoms with Crippen molar-refractivity contribution in [3.8, 4) is 0 Å². The summed E-state index contributed by atoms with van der Waals surface area (Å²) in [5, 5.41) is 30.0. The summed E-state index contributed by atoms with van der Waals surface area (Å²) in [4.78, 5) is 0. The molecule has 1 fully saturated rings. The van der Waals surface area contributed by atoms with Crippen LogP contribution in [0, 0.1) is 23.7 Å². The second-order valence-electron chi connectivity index (χ2n) is 6.88. The van der Waals surface area contributed by atoms with Gasteiger partial charge in [-0.15, -0.1) is 0 Å². The zero-order valence-corrected chi connectivity index (χ0v) is 12.9. The van der Waals surface area contributed by atoms with Gasteiger partial charge in [0.1, 0.15) is 0 Å². The predicted octanol–water partition coefficient (Wildman–Crippen LogP) is 2.58. The maximum atomic E-state index is 10.4. The lowest BCUT2D eigenvalue weighted by Crippen LogP contribution is -2.35. The molecule has 0 bridgehead atoms. The molecule has 0 saturated heterocycles. The smallest absolute Gasteiger partial charge is 0.0572 e. The van der Waals surface area contributed by atoms with E-state index in [2.05, 4.69) is 13.8 Å². The minimum absolute atomic E-state index is 0.155. The van der Waals surface area contributed by atoms with E-state index in [0.29, 0.717) is 18.3 Å². The SMILES string of the molecule is CC(O)C1CCCC(C(O)C[C@H](C(C)C)C(C)O)C1. The second-order valence-corrected chi connectivity index (χ2v) is 6.88. The molecule has 3 N–H and O–H groups in total. The molecular weight excluding hydrogens is 240 g/mol. The molecule has 3 nitrogen and oxygen atoms in total. The first-order chi connectivity index (χ1) is 8.82. The van der Waals surface area contributed by atoms with Gasteiger partial charge in [0, 0.05) is 0 Å². The zero-order chi connectivity index (χ0) is 14.6. The van der Waals surface area contributed by atoms with Gasteiger partial charge < -0.3 is 15.3 Å². The Balaban J connectivity index is 2.54. The lowest BCUT2D eigenvalue weighted by Gasteiger charge is -2.36. The quantitative estimate of drug-likeness (QED) is 0.696. The van der Waals surface area contributed by atoms with Crippen molar-refractivity contribution >= 4 is 0 Å². The lowest BCUT2D eigenvalue weighted by molar-refractivity contribution is -0.00477. The van der Waals surface area contributed by atoms with Crippen LogP contribution in [0.4, 0.5) is 0 Å². The molecule has 1 saturated carbocycles. The van der Waals surface area contributed by atoms with Gasteiger partial charge in [-0.2, -0.15) is 0 Å². The molecule has 19 heavy (non-hydrogen) atoms. The summed E-state index contributed by atoms with van der Waals surface area (Å²) in [5.74, 6) is 1.15. The van der Waals surface area contributed by atoms with Crippen LogP contribution in [0.5, 0.6) is 0 Å². The largest absolute Gasteiger partial charge is 0.393 e. The first-order valence-corrected chi connectivity index (χ1v) is 7.87. The number of aliphatic hydroxyl groups is 3. The third kappa shape index (κ3) is 5.05. The van der Waals surface area contributed by atoms with Gasteiger partial charge in [0.2, 0.25) is 0 Å². The highest BCUT2D eigenvalue weighted by Gasteiger charge is 2.32. The molecule has 0 aliphatic heterocycles. The van der Waals surface area contributed by atoms with E-state index in [0.717, 1.165) is 25.7 Å². The first kappa shape index (κ1) is 16.9. The predicted molar refractivity (Wildman–Crippen MR) is 77.8 cm³/mol. The molecule has 0 aromatic carbocycles. The van der Waals surface area contributed by atoms with E-state index in [1.807, 2.05) is 13.8 Å². The lowest BCUT2D eigenvalue weighted by atomic mass is 9.73. The van der Waals surface area contributed by atoms with Crippen LogP contribution in [0.2, 0.25) is 0 Å². The third-order valence-corrected chi connectivity index (χ3v) is 4.97. The van der Waals surface area contributed by atoms with Crippen molar-refractivity contribution in [3.05, 3.63) is 0 Å². The molecule has 1 aliphatic carbocycles. The van der Waals surface area contributed by atoms with Gasteiger partial charge in [-0.05, 0) is 63.2 Å². The first-order valence-electron chi connectivity index (χ1n) is 7.87. The molecule has 5 unspecified atom stereocenters. The third-order valence-electron chi connectivity index (χ3n) is 4.97. The molecule has 0 heterocycles. The van der Waals surface area contributed by atoms with Crippen molar-refractivity contribution < 1.29 is 15.3 Å². The van der Waals surface area contributed by atoms with Crippen molar-refractivity contribution in [1.82, 2.24) is 0 Å². The average molecular weight is 272 g/mol. The van der Waals surface area contributed by atoms with Crippen LogP contribution in [-0.4, -0.2) is 33.6 Å². The number of rotatable bonds is 6. The van der Waals surface area contributed by atoms with E-state index in [-0.39, 0.29) is 30.1 Å². The molecular formula is C16H32O3. The zero-order valence-electron chi connectivity index (χ0n) is 12.9. The molecule has 1 rings (SSSR count). The van der Waals surface area contributed by atoms with Crippen LogP contribution in [0.3, 0.4) is 0 Å². The Bertz CT molecular complexity index is 242. The van der Waals surface area contributed by atoms with E-state index >= 15 is 0 Å². The van der Waals surface area contributed by atoms with Crippen LogP contribution >= 0.6 is 0 Å². The van der Waals surface area contributed by atoms with E-state index in [1.165, 1.54) is 0 Å². The van der Waals surface area contributed by atoms with Crippen LogP contribution in [0.25, 0.3) is 0 Å². The monoisotopic (exact) mass is 272 g/mol. The molecule has 1 aliphatic rings. The molecule has 0 radical (unpaired) electrons. The van der Waals surface area contributed by atoms with Crippen LogP contribution in [0.15, 0.2) is 0 Å². The van der Waals surface area contributed by atoms with Crippen molar-refractivity contribution in [2.24, 2.45) is 23.7 Å². The molecule has 6 atom stereocenters. The highest BCUT2D eigenvalue weighted by atomic mass is 16.3. The Kier molecular flexibility index (Phi) is 6.78. The summed E-state index contributed by atoms with van der Waals surface area (Å²) in [5.41, 5.74) is 0. The van der Waals surface area contributed by atoms with Crippen molar-refractivity contribution in [2.45, 2.75) is 78.1 Å². The number of hydrogen-bond donors (Lipinski definition) is 3. The van der Waals surface area contributed by atoms with Crippen molar-refractivity contribution in [2.75, 3.05) is 0 Å². The van der Waals surface area contributed by atoms with Gasteiger partial charge in [0.05, 0.1) is 18.3 Å². The second kappa shape index (κ2) is 7.61. The minimum atomic E-state index is -0.370. The summed E-state index contributed by atoms with van der Waals surface area (Å²) in [6.45, 7) is 7.87. The fraction of sp³-hybridized carbons (Fsp3) is 1.00.